The first-order valence-electron chi connectivity index (χ1n) is 33.5. The zero-order valence-corrected chi connectivity index (χ0v) is 55.2. The summed E-state index contributed by atoms with van der Waals surface area (Å²) in [5, 5.41) is 0. The molecule has 2 atom stereocenters. The highest BCUT2D eigenvalue weighted by atomic mass is 31.2. The second-order valence-electron chi connectivity index (χ2n) is 23.1. The molecule has 84 heavy (non-hydrogen) atoms. The van der Waals surface area contributed by atoms with E-state index in [-0.39, 0.29) is 26.1 Å². The Bertz CT molecular complexity index is 1930. The molecule has 0 aromatic heterocycles. The molecular weight excluding hydrogens is 1060 g/mol. The van der Waals surface area contributed by atoms with Crippen LogP contribution >= 0.6 is 7.82 Å². The van der Waals surface area contributed by atoms with Crippen molar-refractivity contribution in [1.82, 2.24) is 0 Å². The lowest BCUT2D eigenvalue weighted by atomic mass is 10.0. The van der Waals surface area contributed by atoms with E-state index in [1.54, 1.807) is 0 Å². The van der Waals surface area contributed by atoms with Crippen LogP contribution in [0.4, 0.5) is 0 Å². The first-order chi connectivity index (χ1) is 41.0. The van der Waals surface area contributed by atoms with E-state index in [9.17, 15) is 19.0 Å². The largest absolute Gasteiger partial charge is 0.756 e. The molecule has 0 bridgehead atoms. The van der Waals surface area contributed by atoms with Crippen molar-refractivity contribution < 1.29 is 42.1 Å². The van der Waals surface area contributed by atoms with Crippen molar-refractivity contribution in [3.63, 3.8) is 0 Å². The van der Waals surface area contributed by atoms with E-state index in [0.717, 1.165) is 109 Å². The summed E-state index contributed by atoms with van der Waals surface area (Å²) in [5.41, 5.74) is 0. The standard InChI is InChI=1S/C74H124NO8P/c1-6-8-10-12-14-16-18-20-22-24-26-28-30-31-32-33-34-35-36-37-38-39-40-41-42-43-45-47-49-51-53-55-57-59-61-63-65-67-74(77)83-72(71-82-84(78,79)81-69-68-75(3,4)5)70-80-73(76)66-64-62-60-58-56-54-52-50-48-46-44-29-27-25-23-21-19-17-15-13-11-9-7-2/h8,10,14,16,20,22,25-28,31-32,34-35,37-38,40-41,43,45,49,51,55,57,72H,6-7,9,11-13,15,17-19,21,23-24,29-30,33,36,39,42,44,46-48,50,52-54,56,58-71H2,1-5H3/b10-8-,16-14-,22-20-,27-25-,28-26-,32-31-,35-34-,38-37-,41-40-,45-43-,51-49-,57-55-. The molecule has 0 aliphatic heterocycles. The summed E-state index contributed by atoms with van der Waals surface area (Å²) in [7, 11) is 1.13. The first kappa shape index (κ1) is 79.9. The summed E-state index contributed by atoms with van der Waals surface area (Å²) in [4.78, 5) is 38.0. The van der Waals surface area contributed by atoms with E-state index in [2.05, 4.69) is 160 Å². The van der Waals surface area contributed by atoms with Crippen molar-refractivity contribution in [2.45, 2.75) is 264 Å². The quantitative estimate of drug-likeness (QED) is 0.0195. The number of unbranched alkanes of at least 4 members (excludes halogenated alkanes) is 22. The minimum Gasteiger partial charge on any atom is -0.756 e. The van der Waals surface area contributed by atoms with Crippen LogP contribution in [-0.4, -0.2) is 70.0 Å². The summed E-state index contributed by atoms with van der Waals surface area (Å²) in [5.74, 6) is -0.878. The molecule has 10 heteroatoms. The van der Waals surface area contributed by atoms with Gasteiger partial charge in [-0.3, -0.25) is 14.2 Å². The number of nitrogens with zero attached hydrogens (tertiary/aromatic N) is 1. The Kier molecular flexibility index (Phi) is 60.3. The van der Waals surface area contributed by atoms with Crippen molar-refractivity contribution in [3.05, 3.63) is 146 Å². The van der Waals surface area contributed by atoms with Crippen molar-refractivity contribution in [1.29, 1.82) is 0 Å². The van der Waals surface area contributed by atoms with Crippen molar-refractivity contribution in [2.24, 2.45) is 0 Å². The van der Waals surface area contributed by atoms with E-state index in [1.807, 2.05) is 21.1 Å². The Morgan fingerprint density at radius 1 is 0.381 bits per heavy atom. The second kappa shape index (κ2) is 63.4. The molecule has 0 saturated heterocycles. The van der Waals surface area contributed by atoms with E-state index in [4.69, 9.17) is 18.5 Å². The fraction of sp³-hybridized carbons (Fsp3) is 0.649. The molecule has 0 saturated carbocycles. The van der Waals surface area contributed by atoms with Gasteiger partial charge in [-0.05, 0) is 122 Å². The minimum atomic E-state index is -4.66. The number of likely N-dealkylation sites (N-methyl/N-ethyl adjacent to an activating group) is 1. The number of hydrogen-bond donors (Lipinski definition) is 0. The van der Waals surface area contributed by atoms with Gasteiger partial charge in [0.2, 0.25) is 0 Å². The molecule has 0 aromatic rings. The molecule has 0 rings (SSSR count). The van der Waals surface area contributed by atoms with E-state index in [0.29, 0.717) is 17.4 Å². The summed E-state index contributed by atoms with van der Waals surface area (Å²) < 4.78 is 34.2. The maximum atomic E-state index is 12.8. The Hall–Kier alpha value is -4.11. The average Bonchev–Trinajstić information content (AvgIpc) is 3.61. The number of carbonyl (C=O) groups is 2. The molecule has 478 valence electrons. The SMILES string of the molecule is CC/C=C\C/C=C\C/C=C\C/C=C\C/C=C\C/C=C\C/C=C\C/C=C\C/C=C\C/C=C\C/C=C\CCCCCC(=O)OC(COC(=O)CCCCCCCCCCCCC/C=C\CCCCCCCCCC)COP(=O)([O-])OCC[N+](C)(C)C. The highest BCUT2D eigenvalue weighted by molar-refractivity contribution is 7.45. The molecular formula is C74H124NO8P. The van der Waals surface area contributed by atoms with E-state index >= 15 is 0 Å². The van der Waals surface area contributed by atoms with Gasteiger partial charge in [0.25, 0.3) is 7.82 Å². The highest BCUT2D eigenvalue weighted by Gasteiger charge is 2.22. The Morgan fingerprint density at radius 3 is 1.04 bits per heavy atom. The van der Waals surface area contributed by atoms with Gasteiger partial charge in [0, 0.05) is 12.8 Å². The summed E-state index contributed by atoms with van der Waals surface area (Å²) in [6.07, 6.45) is 93.4. The maximum absolute atomic E-state index is 12.8. The van der Waals surface area contributed by atoms with Crippen molar-refractivity contribution >= 4 is 19.8 Å². The lowest BCUT2D eigenvalue weighted by molar-refractivity contribution is -0.870. The average molecular weight is 1190 g/mol. The minimum absolute atomic E-state index is 0.0449. The lowest BCUT2D eigenvalue weighted by Gasteiger charge is -2.28. The van der Waals surface area contributed by atoms with Crippen LogP contribution in [-0.2, 0) is 32.7 Å². The maximum Gasteiger partial charge on any atom is 0.306 e. The number of phosphoric acid groups is 1. The number of phosphoric ester groups is 1. The third kappa shape index (κ3) is 67.0. The summed E-state index contributed by atoms with van der Waals surface area (Å²) >= 11 is 0. The van der Waals surface area contributed by atoms with Gasteiger partial charge in [-0.2, -0.15) is 0 Å². The van der Waals surface area contributed by atoms with Crippen LogP contribution in [0.3, 0.4) is 0 Å². The van der Waals surface area contributed by atoms with Crippen molar-refractivity contribution in [2.75, 3.05) is 47.5 Å². The predicted octanol–water partition coefficient (Wildman–Crippen LogP) is 21.2. The molecule has 0 N–H and O–H groups in total. The van der Waals surface area contributed by atoms with Crippen LogP contribution in [0.15, 0.2) is 146 Å². The summed E-state index contributed by atoms with van der Waals surface area (Å²) in [6.45, 7) is 4.08. The van der Waals surface area contributed by atoms with Gasteiger partial charge in [-0.25, -0.2) is 0 Å². The zero-order valence-electron chi connectivity index (χ0n) is 54.3. The first-order valence-corrected chi connectivity index (χ1v) is 35.0. The smallest absolute Gasteiger partial charge is 0.306 e. The Labute approximate surface area is 516 Å². The third-order valence-corrected chi connectivity index (χ3v) is 14.8. The third-order valence-electron chi connectivity index (χ3n) is 13.8. The summed E-state index contributed by atoms with van der Waals surface area (Å²) in [6, 6.07) is 0. The normalized spacial score (nSPS) is 14.1. The van der Waals surface area contributed by atoms with Gasteiger partial charge in [-0.1, -0.05) is 269 Å². The van der Waals surface area contributed by atoms with E-state index < -0.39 is 32.5 Å². The number of allylic oxidation sites excluding steroid dienone is 24. The fourth-order valence-electron chi connectivity index (χ4n) is 8.71. The van der Waals surface area contributed by atoms with Gasteiger partial charge in [-0.15, -0.1) is 0 Å². The molecule has 0 fully saturated rings. The van der Waals surface area contributed by atoms with Gasteiger partial charge < -0.3 is 27.9 Å². The number of hydrogen-bond acceptors (Lipinski definition) is 8. The fourth-order valence-corrected chi connectivity index (χ4v) is 9.44. The Balaban J connectivity index is 4.22. The van der Waals surface area contributed by atoms with Crippen LogP contribution in [0.25, 0.3) is 0 Å². The van der Waals surface area contributed by atoms with Crippen LogP contribution in [0.5, 0.6) is 0 Å². The van der Waals surface area contributed by atoms with Crippen LogP contribution in [0.2, 0.25) is 0 Å². The monoisotopic (exact) mass is 1190 g/mol. The molecule has 0 radical (unpaired) electrons. The number of rotatable bonds is 60. The number of esters is 2. The lowest BCUT2D eigenvalue weighted by Crippen LogP contribution is -2.37. The zero-order chi connectivity index (χ0) is 61.2. The molecule has 0 spiro atoms. The van der Waals surface area contributed by atoms with Crippen LogP contribution < -0.4 is 4.89 Å². The molecule has 0 heterocycles. The van der Waals surface area contributed by atoms with Gasteiger partial charge in [0.05, 0.1) is 27.7 Å². The molecule has 0 amide bonds. The van der Waals surface area contributed by atoms with Crippen LogP contribution in [0, 0.1) is 0 Å². The van der Waals surface area contributed by atoms with Gasteiger partial charge in [0.15, 0.2) is 6.10 Å². The molecule has 0 aromatic carbocycles. The molecule has 0 aliphatic rings. The molecule has 0 aliphatic carbocycles. The number of ether oxygens (including phenoxy) is 2. The highest BCUT2D eigenvalue weighted by Crippen LogP contribution is 2.38. The topological polar surface area (TPSA) is 111 Å². The van der Waals surface area contributed by atoms with Crippen molar-refractivity contribution in [3.8, 4) is 0 Å². The van der Waals surface area contributed by atoms with Gasteiger partial charge in [0.1, 0.15) is 19.8 Å². The van der Waals surface area contributed by atoms with Gasteiger partial charge >= 0.3 is 11.9 Å². The number of carbonyl (C=O) groups excluding carboxylic acids is 2. The van der Waals surface area contributed by atoms with E-state index in [1.165, 1.54) is 116 Å². The second-order valence-corrected chi connectivity index (χ2v) is 24.5. The molecule has 2 unspecified atom stereocenters. The molecule has 9 nitrogen and oxygen atoms in total. The predicted molar refractivity (Wildman–Crippen MR) is 360 cm³/mol. The number of quaternary nitrogens is 1. The Morgan fingerprint density at radius 2 is 0.679 bits per heavy atom. The van der Waals surface area contributed by atoms with Crippen LogP contribution in [0.1, 0.15) is 258 Å².